The highest BCUT2D eigenvalue weighted by Crippen LogP contribution is 2.25. The predicted molar refractivity (Wildman–Crippen MR) is 67.2 cm³/mol. The zero-order chi connectivity index (χ0) is 13.1. The number of benzene rings is 1. The number of anilines is 1. The van der Waals surface area contributed by atoms with Gasteiger partial charge >= 0.3 is 0 Å². The fraction of sp³-hybridized carbons (Fsp3) is 0.500. The van der Waals surface area contributed by atoms with E-state index < -0.39 is 4.92 Å². The molecule has 1 aromatic carbocycles. The smallest absolute Gasteiger partial charge is 0.271 e. The van der Waals surface area contributed by atoms with Gasteiger partial charge in [0, 0.05) is 30.0 Å². The Bertz CT molecular complexity index is 416. The molecule has 0 aliphatic rings. The van der Waals surface area contributed by atoms with E-state index in [9.17, 15) is 10.1 Å². The van der Waals surface area contributed by atoms with Crippen LogP contribution < -0.4 is 5.32 Å². The van der Waals surface area contributed by atoms with Crippen LogP contribution in [0, 0.1) is 17.0 Å². The maximum atomic E-state index is 10.7. The van der Waals surface area contributed by atoms with E-state index in [0.29, 0.717) is 6.42 Å². The van der Waals surface area contributed by atoms with Crippen molar-refractivity contribution >= 4 is 11.4 Å². The Labute approximate surface area is 101 Å². The summed E-state index contributed by atoms with van der Waals surface area (Å²) in [5, 5.41) is 22.9. The van der Waals surface area contributed by atoms with Crippen molar-refractivity contribution < 1.29 is 10.0 Å². The third kappa shape index (κ3) is 3.71. The molecule has 2 N–H and O–H groups in total. The van der Waals surface area contributed by atoms with Crippen molar-refractivity contribution in [2.75, 3.05) is 11.9 Å². The van der Waals surface area contributed by atoms with Crippen LogP contribution >= 0.6 is 0 Å². The summed E-state index contributed by atoms with van der Waals surface area (Å²) >= 11 is 0. The first kappa shape index (κ1) is 13.4. The second-order valence-electron chi connectivity index (χ2n) is 4.74. The van der Waals surface area contributed by atoms with Gasteiger partial charge in [0.1, 0.15) is 0 Å². The highest BCUT2D eigenvalue weighted by molar-refractivity contribution is 5.57. The summed E-state index contributed by atoms with van der Waals surface area (Å²) in [6.07, 6.45) is 0.579. The number of aliphatic hydroxyl groups is 1. The van der Waals surface area contributed by atoms with Crippen molar-refractivity contribution in [1.29, 1.82) is 0 Å². The standard InChI is InChI=1S/C12H18N2O3/c1-9-4-5-10(14(16)17)8-11(9)13-12(2,3)6-7-15/h4-5,8,13,15H,6-7H2,1-3H3. The highest BCUT2D eigenvalue weighted by atomic mass is 16.6. The molecule has 5 nitrogen and oxygen atoms in total. The van der Waals surface area contributed by atoms with E-state index in [1.165, 1.54) is 12.1 Å². The average molecular weight is 238 g/mol. The van der Waals surface area contributed by atoms with Crippen LogP contribution in [0.15, 0.2) is 18.2 Å². The molecule has 0 heterocycles. The van der Waals surface area contributed by atoms with E-state index in [1.807, 2.05) is 20.8 Å². The number of aryl methyl sites for hydroxylation is 1. The first-order valence-electron chi connectivity index (χ1n) is 5.50. The van der Waals surface area contributed by atoms with Gasteiger partial charge in [-0.2, -0.15) is 0 Å². The molecule has 94 valence electrons. The minimum atomic E-state index is -0.413. The van der Waals surface area contributed by atoms with Crippen LogP contribution in [0.2, 0.25) is 0 Å². The van der Waals surface area contributed by atoms with Gasteiger partial charge in [0.2, 0.25) is 0 Å². The molecule has 5 heteroatoms. The number of rotatable bonds is 5. The van der Waals surface area contributed by atoms with Crippen LogP contribution in [-0.2, 0) is 0 Å². The molecular weight excluding hydrogens is 220 g/mol. The van der Waals surface area contributed by atoms with Gasteiger partial charge in [0.15, 0.2) is 0 Å². The lowest BCUT2D eigenvalue weighted by Gasteiger charge is -2.27. The van der Waals surface area contributed by atoms with Gasteiger partial charge in [0.05, 0.1) is 4.92 Å². The fourth-order valence-electron chi connectivity index (χ4n) is 1.56. The lowest BCUT2D eigenvalue weighted by Crippen LogP contribution is -2.32. The van der Waals surface area contributed by atoms with Crippen LogP contribution in [-0.4, -0.2) is 22.2 Å². The van der Waals surface area contributed by atoms with Crippen molar-refractivity contribution in [3.8, 4) is 0 Å². The zero-order valence-corrected chi connectivity index (χ0v) is 10.4. The Morgan fingerprint density at radius 3 is 2.65 bits per heavy atom. The lowest BCUT2D eigenvalue weighted by molar-refractivity contribution is -0.384. The summed E-state index contributed by atoms with van der Waals surface area (Å²) in [4.78, 5) is 10.3. The number of nitro benzene ring substituents is 1. The number of aliphatic hydroxyl groups excluding tert-OH is 1. The van der Waals surface area contributed by atoms with Gasteiger partial charge < -0.3 is 10.4 Å². The number of non-ortho nitro benzene ring substituents is 1. The van der Waals surface area contributed by atoms with Crippen LogP contribution in [0.3, 0.4) is 0 Å². The first-order valence-corrected chi connectivity index (χ1v) is 5.50. The molecular formula is C12H18N2O3. The number of hydrogen-bond donors (Lipinski definition) is 2. The minimum absolute atomic E-state index is 0.0675. The molecule has 0 saturated carbocycles. The number of nitrogens with one attached hydrogen (secondary N) is 1. The number of hydrogen-bond acceptors (Lipinski definition) is 4. The van der Waals surface area contributed by atoms with E-state index in [1.54, 1.807) is 6.07 Å². The van der Waals surface area contributed by atoms with Gasteiger partial charge in [-0.05, 0) is 32.8 Å². The Kier molecular flexibility index (Phi) is 4.07. The average Bonchev–Trinajstić information content (AvgIpc) is 2.20. The van der Waals surface area contributed by atoms with Crippen LogP contribution in [0.4, 0.5) is 11.4 Å². The summed E-state index contributed by atoms with van der Waals surface area (Å²) in [5.41, 5.74) is 1.45. The summed E-state index contributed by atoms with van der Waals surface area (Å²) < 4.78 is 0. The fourth-order valence-corrected chi connectivity index (χ4v) is 1.56. The molecule has 0 fully saturated rings. The monoisotopic (exact) mass is 238 g/mol. The van der Waals surface area contributed by atoms with E-state index >= 15 is 0 Å². The topological polar surface area (TPSA) is 75.4 Å². The Morgan fingerprint density at radius 2 is 2.12 bits per heavy atom. The lowest BCUT2D eigenvalue weighted by atomic mass is 10.00. The van der Waals surface area contributed by atoms with E-state index in [0.717, 1.165) is 11.3 Å². The molecule has 0 amide bonds. The Balaban J connectivity index is 2.97. The SMILES string of the molecule is Cc1ccc([N+](=O)[O-])cc1NC(C)(C)CCO. The molecule has 0 aromatic heterocycles. The van der Waals surface area contributed by atoms with Gasteiger partial charge in [-0.1, -0.05) is 6.07 Å². The summed E-state index contributed by atoms with van der Waals surface area (Å²) in [5.74, 6) is 0. The molecule has 0 unspecified atom stereocenters. The second kappa shape index (κ2) is 5.14. The predicted octanol–water partition coefficient (Wildman–Crippen LogP) is 2.48. The third-order valence-electron chi connectivity index (χ3n) is 2.64. The normalized spacial score (nSPS) is 11.3. The van der Waals surface area contributed by atoms with Crippen LogP contribution in [0.1, 0.15) is 25.8 Å². The van der Waals surface area contributed by atoms with Crippen LogP contribution in [0.25, 0.3) is 0 Å². The number of nitro groups is 1. The molecule has 0 atom stereocenters. The molecule has 0 aliphatic heterocycles. The van der Waals surface area contributed by atoms with Gasteiger partial charge in [-0.3, -0.25) is 10.1 Å². The Hall–Kier alpha value is -1.62. The molecule has 0 radical (unpaired) electrons. The molecule has 0 saturated heterocycles. The van der Waals surface area contributed by atoms with E-state index in [2.05, 4.69) is 5.32 Å². The molecule has 1 rings (SSSR count). The highest BCUT2D eigenvalue weighted by Gasteiger charge is 2.18. The van der Waals surface area contributed by atoms with Crippen molar-refractivity contribution in [3.63, 3.8) is 0 Å². The largest absolute Gasteiger partial charge is 0.396 e. The van der Waals surface area contributed by atoms with Crippen LogP contribution in [0.5, 0.6) is 0 Å². The van der Waals surface area contributed by atoms with Gasteiger partial charge in [0.25, 0.3) is 5.69 Å². The second-order valence-corrected chi connectivity index (χ2v) is 4.74. The molecule has 1 aromatic rings. The van der Waals surface area contributed by atoms with Gasteiger partial charge in [-0.15, -0.1) is 0 Å². The third-order valence-corrected chi connectivity index (χ3v) is 2.64. The maximum Gasteiger partial charge on any atom is 0.271 e. The van der Waals surface area contributed by atoms with Crippen molar-refractivity contribution in [3.05, 3.63) is 33.9 Å². The molecule has 0 spiro atoms. The summed E-state index contributed by atoms with van der Waals surface area (Å²) in [6, 6.07) is 4.73. The number of nitrogens with zero attached hydrogens (tertiary/aromatic N) is 1. The summed E-state index contributed by atoms with van der Waals surface area (Å²) in [6.45, 7) is 5.86. The van der Waals surface area contributed by atoms with Gasteiger partial charge in [-0.25, -0.2) is 0 Å². The van der Waals surface area contributed by atoms with Crippen molar-refractivity contribution in [2.24, 2.45) is 0 Å². The molecule has 0 bridgehead atoms. The molecule has 17 heavy (non-hydrogen) atoms. The quantitative estimate of drug-likeness (QED) is 0.610. The summed E-state index contributed by atoms with van der Waals surface area (Å²) in [7, 11) is 0. The molecule has 0 aliphatic carbocycles. The minimum Gasteiger partial charge on any atom is -0.396 e. The van der Waals surface area contributed by atoms with E-state index in [-0.39, 0.29) is 17.8 Å². The van der Waals surface area contributed by atoms with Crippen molar-refractivity contribution in [1.82, 2.24) is 0 Å². The maximum absolute atomic E-state index is 10.7. The zero-order valence-electron chi connectivity index (χ0n) is 10.4. The van der Waals surface area contributed by atoms with E-state index in [4.69, 9.17) is 5.11 Å². The van der Waals surface area contributed by atoms with Crippen molar-refractivity contribution in [2.45, 2.75) is 32.7 Å². The first-order chi connectivity index (χ1) is 7.85. The Morgan fingerprint density at radius 1 is 1.47 bits per heavy atom.